The Bertz CT molecular complexity index is 1120. The van der Waals surface area contributed by atoms with Crippen LogP contribution in [0.2, 0.25) is 0 Å². The standard InChI is InChI=1S/C25H30N2O4/c1-5-26-16(3)14-20(28)22(24(26)30)19(13-12-18-10-8-7-9-11-18)23-21(29)15-17(4)27(6-2)25(23)31/h7-11,14-15,19,28-29H,5-6,12-13H2,1-4H3. The third-order valence-corrected chi connectivity index (χ3v) is 5.94. The average Bonchev–Trinajstić information content (AvgIpc) is 2.72. The molecule has 0 fully saturated rings. The van der Waals surface area contributed by atoms with Crippen LogP contribution in [-0.2, 0) is 19.5 Å². The van der Waals surface area contributed by atoms with Crippen molar-refractivity contribution in [2.75, 3.05) is 0 Å². The Kier molecular flexibility index (Phi) is 6.68. The second kappa shape index (κ2) is 9.25. The van der Waals surface area contributed by atoms with Crippen molar-refractivity contribution in [3.63, 3.8) is 0 Å². The van der Waals surface area contributed by atoms with Gasteiger partial charge in [-0.1, -0.05) is 30.3 Å². The van der Waals surface area contributed by atoms with E-state index in [0.29, 0.717) is 37.3 Å². The SMILES string of the molecule is CCn1c(C)cc(O)c(C(CCc2ccccc2)c2c(O)cc(C)n(CC)c2=O)c1=O. The first-order valence-electron chi connectivity index (χ1n) is 10.7. The molecule has 3 rings (SSSR count). The van der Waals surface area contributed by atoms with Crippen molar-refractivity contribution in [2.45, 2.75) is 59.5 Å². The van der Waals surface area contributed by atoms with Crippen LogP contribution in [0, 0.1) is 13.8 Å². The minimum absolute atomic E-state index is 0.146. The lowest BCUT2D eigenvalue weighted by atomic mass is 9.86. The minimum Gasteiger partial charge on any atom is -0.507 e. The molecule has 0 spiro atoms. The molecule has 0 atom stereocenters. The van der Waals surface area contributed by atoms with Crippen LogP contribution < -0.4 is 11.1 Å². The van der Waals surface area contributed by atoms with Crippen LogP contribution in [0.25, 0.3) is 0 Å². The molecular formula is C25H30N2O4. The van der Waals surface area contributed by atoms with Gasteiger partial charge in [-0.3, -0.25) is 9.59 Å². The molecule has 0 aliphatic carbocycles. The number of rotatable bonds is 7. The van der Waals surface area contributed by atoms with Crippen molar-refractivity contribution in [2.24, 2.45) is 0 Å². The maximum Gasteiger partial charge on any atom is 0.258 e. The van der Waals surface area contributed by atoms with Crippen LogP contribution in [0.3, 0.4) is 0 Å². The van der Waals surface area contributed by atoms with E-state index in [1.165, 1.54) is 0 Å². The molecule has 6 heteroatoms. The van der Waals surface area contributed by atoms with Gasteiger partial charge in [-0.05, 0) is 58.2 Å². The molecule has 0 aliphatic heterocycles. The first-order valence-corrected chi connectivity index (χ1v) is 10.7. The molecule has 0 saturated heterocycles. The van der Waals surface area contributed by atoms with Crippen molar-refractivity contribution in [1.29, 1.82) is 0 Å². The molecule has 0 amide bonds. The fourth-order valence-corrected chi connectivity index (χ4v) is 4.37. The van der Waals surface area contributed by atoms with Gasteiger partial charge in [0.05, 0.1) is 11.1 Å². The van der Waals surface area contributed by atoms with Crippen LogP contribution in [-0.4, -0.2) is 19.3 Å². The molecule has 3 aromatic rings. The Labute approximate surface area is 182 Å². The number of nitrogens with zero attached hydrogens (tertiary/aromatic N) is 2. The van der Waals surface area contributed by atoms with Gasteiger partial charge in [0.15, 0.2) is 0 Å². The van der Waals surface area contributed by atoms with Gasteiger partial charge >= 0.3 is 0 Å². The summed E-state index contributed by atoms with van der Waals surface area (Å²) in [7, 11) is 0. The van der Waals surface area contributed by atoms with Crippen LogP contribution in [0.5, 0.6) is 11.5 Å². The highest BCUT2D eigenvalue weighted by atomic mass is 16.3. The first-order chi connectivity index (χ1) is 14.8. The highest BCUT2D eigenvalue weighted by molar-refractivity contribution is 5.46. The van der Waals surface area contributed by atoms with E-state index < -0.39 is 5.92 Å². The van der Waals surface area contributed by atoms with Gasteiger partial charge < -0.3 is 19.3 Å². The summed E-state index contributed by atoms with van der Waals surface area (Å²) in [5, 5.41) is 21.6. The predicted octanol–water partition coefficient (Wildman–Crippen LogP) is 3.84. The molecule has 6 nitrogen and oxygen atoms in total. The number of benzene rings is 1. The summed E-state index contributed by atoms with van der Waals surface area (Å²) in [4.78, 5) is 26.6. The molecule has 0 radical (unpaired) electrons. The predicted molar refractivity (Wildman–Crippen MR) is 122 cm³/mol. The normalized spacial score (nSPS) is 11.3. The topological polar surface area (TPSA) is 84.5 Å². The van der Waals surface area contributed by atoms with Crippen LogP contribution in [0.15, 0.2) is 52.1 Å². The average molecular weight is 423 g/mol. The minimum atomic E-state index is -0.739. The molecule has 0 unspecified atom stereocenters. The lowest BCUT2D eigenvalue weighted by Crippen LogP contribution is -2.32. The van der Waals surface area contributed by atoms with Gasteiger partial charge in [-0.2, -0.15) is 0 Å². The molecule has 31 heavy (non-hydrogen) atoms. The van der Waals surface area contributed by atoms with Gasteiger partial charge in [0.1, 0.15) is 11.5 Å². The van der Waals surface area contributed by atoms with Gasteiger partial charge in [0, 0.05) is 30.4 Å². The molecule has 164 valence electrons. The fourth-order valence-electron chi connectivity index (χ4n) is 4.37. The lowest BCUT2D eigenvalue weighted by Gasteiger charge is -2.22. The molecular weight excluding hydrogens is 392 g/mol. The summed E-state index contributed by atoms with van der Waals surface area (Å²) in [6.45, 7) is 8.15. The van der Waals surface area contributed by atoms with Crippen molar-refractivity contribution in [3.8, 4) is 11.5 Å². The van der Waals surface area contributed by atoms with E-state index in [0.717, 1.165) is 5.56 Å². The number of aromatic hydroxyl groups is 2. The van der Waals surface area contributed by atoms with E-state index in [2.05, 4.69) is 0 Å². The maximum atomic E-state index is 13.3. The monoisotopic (exact) mass is 422 g/mol. The van der Waals surface area contributed by atoms with Crippen LogP contribution >= 0.6 is 0 Å². The summed E-state index contributed by atoms with van der Waals surface area (Å²) in [6, 6.07) is 12.9. The maximum absolute atomic E-state index is 13.3. The Morgan fingerprint density at radius 2 is 1.26 bits per heavy atom. The third-order valence-electron chi connectivity index (χ3n) is 5.94. The van der Waals surface area contributed by atoms with Gasteiger partial charge in [0.2, 0.25) is 0 Å². The van der Waals surface area contributed by atoms with Crippen molar-refractivity contribution < 1.29 is 10.2 Å². The highest BCUT2D eigenvalue weighted by Crippen LogP contribution is 2.36. The Balaban J connectivity index is 2.26. The molecule has 2 aromatic heterocycles. The molecule has 1 aromatic carbocycles. The molecule has 0 aliphatic rings. The second-order valence-corrected chi connectivity index (χ2v) is 7.84. The van der Waals surface area contributed by atoms with E-state index in [-0.39, 0.29) is 33.7 Å². The summed E-state index contributed by atoms with van der Waals surface area (Å²) in [5.74, 6) is -1.03. The van der Waals surface area contributed by atoms with E-state index in [4.69, 9.17) is 0 Å². The molecule has 0 bridgehead atoms. The molecule has 2 N–H and O–H groups in total. The molecule has 0 saturated carbocycles. The second-order valence-electron chi connectivity index (χ2n) is 7.84. The van der Waals surface area contributed by atoms with E-state index >= 15 is 0 Å². The summed E-state index contributed by atoms with van der Waals surface area (Å²) >= 11 is 0. The number of hydrogen-bond donors (Lipinski definition) is 2. The zero-order valence-corrected chi connectivity index (χ0v) is 18.6. The zero-order chi connectivity index (χ0) is 22.7. The first kappa shape index (κ1) is 22.4. The third kappa shape index (κ3) is 4.29. The zero-order valence-electron chi connectivity index (χ0n) is 18.6. The van der Waals surface area contributed by atoms with E-state index in [1.807, 2.05) is 44.2 Å². The number of pyridine rings is 2. The summed E-state index contributed by atoms with van der Waals surface area (Å²) in [5.41, 5.74) is 1.99. The Morgan fingerprint density at radius 1 is 0.806 bits per heavy atom. The van der Waals surface area contributed by atoms with Crippen molar-refractivity contribution >= 4 is 0 Å². The Morgan fingerprint density at radius 3 is 1.68 bits per heavy atom. The van der Waals surface area contributed by atoms with Gasteiger partial charge in [0.25, 0.3) is 11.1 Å². The van der Waals surface area contributed by atoms with Gasteiger partial charge in [-0.25, -0.2) is 0 Å². The van der Waals surface area contributed by atoms with Gasteiger partial charge in [-0.15, -0.1) is 0 Å². The largest absolute Gasteiger partial charge is 0.507 e. The van der Waals surface area contributed by atoms with E-state index in [1.54, 1.807) is 35.1 Å². The highest BCUT2D eigenvalue weighted by Gasteiger charge is 2.29. The number of aryl methyl sites for hydroxylation is 3. The summed E-state index contributed by atoms with van der Waals surface area (Å²) < 4.78 is 3.16. The van der Waals surface area contributed by atoms with Crippen LogP contribution in [0.4, 0.5) is 0 Å². The smallest absolute Gasteiger partial charge is 0.258 e. The number of hydrogen-bond acceptors (Lipinski definition) is 4. The fraction of sp³-hybridized carbons (Fsp3) is 0.360. The van der Waals surface area contributed by atoms with Crippen LogP contribution in [0.1, 0.15) is 54.3 Å². The quantitative estimate of drug-likeness (QED) is 0.606. The van der Waals surface area contributed by atoms with Crippen molar-refractivity contribution in [1.82, 2.24) is 9.13 Å². The molecule has 2 heterocycles. The lowest BCUT2D eigenvalue weighted by molar-refractivity contribution is 0.440. The van der Waals surface area contributed by atoms with Crippen molar-refractivity contribution in [3.05, 3.63) is 91.3 Å². The Hall–Kier alpha value is -3.28. The number of aromatic nitrogens is 2. The summed E-state index contributed by atoms with van der Waals surface area (Å²) in [6.07, 6.45) is 0.985. The van der Waals surface area contributed by atoms with E-state index in [9.17, 15) is 19.8 Å².